The van der Waals surface area contributed by atoms with E-state index in [-0.39, 0.29) is 18.9 Å². The molecule has 2 heterocycles. The van der Waals surface area contributed by atoms with Crippen molar-refractivity contribution in [2.24, 2.45) is 5.92 Å². The molecule has 0 radical (unpaired) electrons. The van der Waals surface area contributed by atoms with E-state index in [4.69, 9.17) is 0 Å². The van der Waals surface area contributed by atoms with E-state index in [1.807, 2.05) is 23.1 Å². The van der Waals surface area contributed by atoms with Crippen molar-refractivity contribution in [3.05, 3.63) is 24.5 Å². The number of aromatic nitrogens is 2. The van der Waals surface area contributed by atoms with Crippen LogP contribution in [-0.2, 0) is 0 Å². The summed E-state index contributed by atoms with van der Waals surface area (Å²) in [6.45, 7) is 5.40. The average Bonchev–Trinajstić information content (AvgIpc) is 2.98. The van der Waals surface area contributed by atoms with Crippen molar-refractivity contribution in [3.8, 4) is 0 Å². The number of hydrogen-bond donors (Lipinski definition) is 1. The molecular weight excluding hydrogens is 326 g/mol. The molecule has 7 heteroatoms. The molecule has 1 fully saturated rings. The lowest BCUT2D eigenvalue weighted by atomic mass is 10.1. The number of nitrogens with one attached hydrogen (secondary N) is 1. The molecule has 1 aromatic heterocycles. The largest absolute Gasteiger partial charge is 0.369 e. The fourth-order valence-corrected chi connectivity index (χ4v) is 3.07. The van der Waals surface area contributed by atoms with Crippen LogP contribution in [0.2, 0.25) is 0 Å². The first-order chi connectivity index (χ1) is 11.9. The maximum absolute atomic E-state index is 13.4. The molecule has 0 unspecified atom stereocenters. The number of carbonyl (C=O) groups excluding carboxylic acids is 1. The second-order valence-electron chi connectivity index (χ2n) is 7.02. The first kappa shape index (κ1) is 17.6. The summed E-state index contributed by atoms with van der Waals surface area (Å²) in [4.78, 5) is 18.7. The average molecular weight is 350 g/mol. The molecule has 0 atom stereocenters. The van der Waals surface area contributed by atoms with Gasteiger partial charge in [-0.3, -0.25) is 4.57 Å². The smallest absolute Gasteiger partial charge is 0.327 e. The minimum Gasteiger partial charge on any atom is -0.369 e. The molecule has 1 aliphatic rings. The fraction of sp³-hybridized carbons (Fsp3) is 0.556. The molecule has 1 saturated heterocycles. The highest BCUT2D eigenvalue weighted by Gasteiger charge is 2.34. The number of imidazole rings is 1. The molecule has 1 aliphatic heterocycles. The lowest BCUT2D eigenvalue weighted by Crippen LogP contribution is -2.39. The van der Waals surface area contributed by atoms with Gasteiger partial charge in [0.15, 0.2) is 0 Å². The first-order valence-electron chi connectivity index (χ1n) is 8.74. The number of amides is 1. The first-order valence-corrected chi connectivity index (χ1v) is 8.74. The van der Waals surface area contributed by atoms with Gasteiger partial charge < -0.3 is 10.2 Å². The van der Waals surface area contributed by atoms with Crippen molar-refractivity contribution in [2.45, 2.75) is 39.0 Å². The van der Waals surface area contributed by atoms with Gasteiger partial charge in [0.05, 0.1) is 11.2 Å². The maximum Gasteiger partial charge on any atom is 0.327 e. The van der Waals surface area contributed by atoms with E-state index in [9.17, 15) is 13.6 Å². The van der Waals surface area contributed by atoms with Gasteiger partial charge in [0, 0.05) is 32.5 Å². The number of benzene rings is 1. The molecular formula is C18H24F2N4O. The maximum atomic E-state index is 13.4. The van der Waals surface area contributed by atoms with Crippen LogP contribution in [0.3, 0.4) is 0 Å². The highest BCUT2D eigenvalue weighted by molar-refractivity contribution is 5.95. The predicted molar refractivity (Wildman–Crippen MR) is 94.4 cm³/mol. The Bertz CT molecular complexity index is 747. The zero-order valence-electron chi connectivity index (χ0n) is 14.6. The SMILES string of the molecule is CC(C)CCNC(=O)n1cnc2c(N3CCC(F)(F)CC3)cccc21. The number of nitrogens with zero attached hydrogens (tertiary/aromatic N) is 3. The summed E-state index contributed by atoms with van der Waals surface area (Å²) < 4.78 is 28.3. The normalized spacial score (nSPS) is 17.2. The number of para-hydroxylation sites is 1. The van der Waals surface area contributed by atoms with E-state index in [2.05, 4.69) is 24.1 Å². The summed E-state index contributed by atoms with van der Waals surface area (Å²) in [7, 11) is 0. The highest BCUT2D eigenvalue weighted by Crippen LogP contribution is 2.33. The number of fused-ring (bicyclic) bond motifs is 1. The molecule has 25 heavy (non-hydrogen) atoms. The van der Waals surface area contributed by atoms with Crippen molar-refractivity contribution in [1.29, 1.82) is 0 Å². The van der Waals surface area contributed by atoms with Gasteiger partial charge in [0.2, 0.25) is 0 Å². The third-order valence-corrected chi connectivity index (χ3v) is 4.61. The Balaban J connectivity index is 1.79. The summed E-state index contributed by atoms with van der Waals surface area (Å²) in [5.74, 6) is -2.07. The van der Waals surface area contributed by atoms with Crippen molar-refractivity contribution < 1.29 is 13.6 Å². The Labute approximate surface area is 146 Å². The zero-order valence-corrected chi connectivity index (χ0v) is 14.6. The van der Waals surface area contributed by atoms with Crippen LogP contribution in [0.15, 0.2) is 24.5 Å². The third-order valence-electron chi connectivity index (χ3n) is 4.61. The molecule has 0 spiro atoms. The highest BCUT2D eigenvalue weighted by atomic mass is 19.3. The second-order valence-corrected chi connectivity index (χ2v) is 7.02. The Morgan fingerprint density at radius 2 is 2.04 bits per heavy atom. The van der Waals surface area contributed by atoms with Crippen LogP contribution in [0.25, 0.3) is 11.0 Å². The van der Waals surface area contributed by atoms with Gasteiger partial charge in [-0.15, -0.1) is 0 Å². The lowest BCUT2D eigenvalue weighted by Gasteiger charge is -2.33. The Morgan fingerprint density at radius 3 is 2.72 bits per heavy atom. The quantitative estimate of drug-likeness (QED) is 0.910. The molecule has 0 bridgehead atoms. The van der Waals surface area contributed by atoms with Gasteiger partial charge in [-0.25, -0.2) is 18.6 Å². The van der Waals surface area contributed by atoms with Crippen LogP contribution in [0.1, 0.15) is 33.1 Å². The molecule has 5 nitrogen and oxygen atoms in total. The topological polar surface area (TPSA) is 50.2 Å². The van der Waals surface area contributed by atoms with Gasteiger partial charge in [-0.1, -0.05) is 19.9 Å². The van der Waals surface area contributed by atoms with Gasteiger partial charge in [0.1, 0.15) is 11.8 Å². The van der Waals surface area contributed by atoms with E-state index in [0.717, 1.165) is 12.1 Å². The van der Waals surface area contributed by atoms with E-state index in [1.165, 1.54) is 10.9 Å². The fourth-order valence-electron chi connectivity index (χ4n) is 3.07. The zero-order chi connectivity index (χ0) is 18.0. The number of carbonyl (C=O) groups is 1. The number of alkyl halides is 2. The van der Waals surface area contributed by atoms with Gasteiger partial charge in [-0.2, -0.15) is 0 Å². The molecule has 3 rings (SSSR count). The summed E-state index contributed by atoms with van der Waals surface area (Å²) in [5, 5.41) is 2.89. The Morgan fingerprint density at radius 1 is 1.32 bits per heavy atom. The van der Waals surface area contributed by atoms with E-state index < -0.39 is 5.92 Å². The predicted octanol–water partition coefficient (Wildman–Crippen LogP) is 3.88. The van der Waals surface area contributed by atoms with Crippen molar-refractivity contribution in [3.63, 3.8) is 0 Å². The van der Waals surface area contributed by atoms with Crippen LogP contribution in [0, 0.1) is 5.92 Å². The van der Waals surface area contributed by atoms with Crippen LogP contribution in [-0.4, -0.2) is 41.1 Å². The molecule has 1 N–H and O–H groups in total. The Kier molecular flexibility index (Phi) is 4.92. The molecule has 136 valence electrons. The third kappa shape index (κ3) is 3.91. The minimum atomic E-state index is -2.58. The monoisotopic (exact) mass is 350 g/mol. The van der Waals surface area contributed by atoms with E-state index >= 15 is 0 Å². The summed E-state index contributed by atoms with van der Waals surface area (Å²) >= 11 is 0. The number of piperidine rings is 1. The van der Waals surface area contributed by atoms with Gasteiger partial charge in [-0.05, 0) is 24.5 Å². The molecule has 0 aliphatic carbocycles. The van der Waals surface area contributed by atoms with Crippen molar-refractivity contribution in [1.82, 2.24) is 14.9 Å². The number of anilines is 1. The van der Waals surface area contributed by atoms with Crippen molar-refractivity contribution >= 4 is 22.8 Å². The molecule has 1 amide bonds. The lowest BCUT2D eigenvalue weighted by molar-refractivity contribution is -0.0220. The van der Waals surface area contributed by atoms with Gasteiger partial charge >= 0.3 is 6.03 Å². The van der Waals surface area contributed by atoms with E-state index in [1.54, 1.807) is 0 Å². The van der Waals surface area contributed by atoms with Crippen LogP contribution in [0.4, 0.5) is 19.3 Å². The van der Waals surface area contributed by atoms with Crippen LogP contribution in [0.5, 0.6) is 0 Å². The Hall–Kier alpha value is -2.18. The summed E-state index contributed by atoms with van der Waals surface area (Å²) in [6, 6.07) is 5.32. The standard InChI is InChI=1S/C18H24F2N4O/c1-13(2)6-9-21-17(25)24-12-22-16-14(4-3-5-15(16)24)23-10-7-18(19,20)8-11-23/h3-5,12-13H,6-11H2,1-2H3,(H,21,25). The number of halogens is 2. The van der Waals surface area contributed by atoms with Crippen molar-refractivity contribution in [2.75, 3.05) is 24.5 Å². The van der Waals surface area contributed by atoms with Gasteiger partial charge in [0.25, 0.3) is 5.92 Å². The van der Waals surface area contributed by atoms with Crippen LogP contribution >= 0.6 is 0 Å². The van der Waals surface area contributed by atoms with E-state index in [0.29, 0.717) is 36.6 Å². The minimum absolute atomic E-state index is 0.153. The number of hydrogen-bond acceptors (Lipinski definition) is 3. The summed E-state index contributed by atoms with van der Waals surface area (Å²) in [5.41, 5.74) is 2.17. The number of rotatable bonds is 4. The second kappa shape index (κ2) is 6.98. The molecule has 2 aromatic rings. The van der Waals surface area contributed by atoms with Crippen LogP contribution < -0.4 is 10.2 Å². The summed E-state index contributed by atoms with van der Waals surface area (Å²) in [6.07, 6.45) is 2.10. The molecule has 1 aromatic carbocycles. The molecule has 0 saturated carbocycles.